The van der Waals surface area contributed by atoms with E-state index in [0.717, 1.165) is 0 Å². The van der Waals surface area contributed by atoms with Gasteiger partial charge in [-0.2, -0.15) is 0 Å². The van der Waals surface area contributed by atoms with E-state index < -0.39 is 10.0 Å². The van der Waals surface area contributed by atoms with Crippen LogP contribution >= 0.6 is 0 Å². The molecule has 0 atom stereocenters. The molecule has 1 rings (SSSR count). The van der Waals surface area contributed by atoms with E-state index in [1.165, 1.54) is 31.3 Å². The standard InChI is InChI=1S/C10H14FNO3S/c1-12-16(13,14)8-2-7-15-10-5-3-9(11)4-6-10/h3-6,12H,2,7-8H2,1H3. The molecule has 0 heterocycles. The maximum atomic E-state index is 12.5. The van der Waals surface area contributed by atoms with Crippen molar-refractivity contribution in [2.45, 2.75) is 6.42 Å². The Morgan fingerprint density at radius 1 is 1.31 bits per heavy atom. The van der Waals surface area contributed by atoms with E-state index in [0.29, 0.717) is 12.2 Å². The van der Waals surface area contributed by atoms with E-state index in [9.17, 15) is 12.8 Å². The van der Waals surface area contributed by atoms with Crippen molar-refractivity contribution in [2.75, 3.05) is 19.4 Å². The number of ether oxygens (including phenoxy) is 1. The zero-order valence-corrected chi connectivity index (χ0v) is 9.76. The molecular formula is C10H14FNO3S. The van der Waals surface area contributed by atoms with E-state index in [4.69, 9.17) is 4.74 Å². The van der Waals surface area contributed by atoms with Gasteiger partial charge in [0.05, 0.1) is 12.4 Å². The molecule has 0 aliphatic rings. The van der Waals surface area contributed by atoms with Crippen molar-refractivity contribution in [3.05, 3.63) is 30.1 Å². The van der Waals surface area contributed by atoms with Gasteiger partial charge >= 0.3 is 0 Å². The highest BCUT2D eigenvalue weighted by Gasteiger charge is 2.05. The first-order valence-corrected chi connectivity index (χ1v) is 6.48. The highest BCUT2D eigenvalue weighted by atomic mass is 32.2. The first-order chi connectivity index (χ1) is 7.53. The minimum absolute atomic E-state index is 0.0185. The number of benzene rings is 1. The molecule has 6 heteroatoms. The minimum Gasteiger partial charge on any atom is -0.494 e. The highest BCUT2D eigenvalue weighted by Crippen LogP contribution is 2.11. The number of nitrogens with one attached hydrogen (secondary N) is 1. The highest BCUT2D eigenvalue weighted by molar-refractivity contribution is 7.89. The average Bonchev–Trinajstić information content (AvgIpc) is 2.27. The topological polar surface area (TPSA) is 55.4 Å². The first kappa shape index (κ1) is 12.9. The van der Waals surface area contributed by atoms with Crippen molar-refractivity contribution in [3.8, 4) is 5.75 Å². The Labute approximate surface area is 94.5 Å². The SMILES string of the molecule is CNS(=O)(=O)CCCOc1ccc(F)cc1. The van der Waals surface area contributed by atoms with Crippen LogP contribution in [0.3, 0.4) is 0 Å². The van der Waals surface area contributed by atoms with Crippen LogP contribution in [0.1, 0.15) is 6.42 Å². The summed E-state index contributed by atoms with van der Waals surface area (Å²) in [5.74, 6) is 0.221. The second-order valence-corrected chi connectivity index (χ2v) is 5.22. The summed E-state index contributed by atoms with van der Waals surface area (Å²) in [6.07, 6.45) is 0.389. The van der Waals surface area contributed by atoms with Crippen molar-refractivity contribution in [1.82, 2.24) is 4.72 Å². The van der Waals surface area contributed by atoms with Gasteiger partial charge in [-0.25, -0.2) is 17.5 Å². The van der Waals surface area contributed by atoms with Crippen LogP contribution in [0.15, 0.2) is 24.3 Å². The summed E-state index contributed by atoms with van der Waals surface area (Å²) in [5.41, 5.74) is 0. The predicted octanol–water partition coefficient (Wildman–Crippen LogP) is 1.14. The quantitative estimate of drug-likeness (QED) is 0.767. The normalized spacial score (nSPS) is 11.4. The van der Waals surface area contributed by atoms with Gasteiger partial charge in [-0.3, -0.25) is 0 Å². The lowest BCUT2D eigenvalue weighted by molar-refractivity contribution is 0.317. The lowest BCUT2D eigenvalue weighted by Gasteiger charge is -2.06. The second-order valence-electron chi connectivity index (χ2n) is 3.18. The number of halogens is 1. The number of rotatable bonds is 6. The van der Waals surface area contributed by atoms with Gasteiger partial charge in [-0.05, 0) is 37.7 Å². The number of sulfonamides is 1. The molecule has 0 saturated carbocycles. The van der Waals surface area contributed by atoms with E-state index in [2.05, 4.69) is 4.72 Å². The van der Waals surface area contributed by atoms with E-state index in [-0.39, 0.29) is 18.2 Å². The molecule has 0 saturated heterocycles. The van der Waals surface area contributed by atoms with Gasteiger partial charge < -0.3 is 4.74 Å². The molecule has 4 nitrogen and oxygen atoms in total. The zero-order chi connectivity index (χ0) is 12.0. The molecule has 1 aromatic carbocycles. The molecule has 0 aromatic heterocycles. The fourth-order valence-electron chi connectivity index (χ4n) is 1.07. The van der Waals surface area contributed by atoms with Crippen LogP contribution < -0.4 is 9.46 Å². The molecule has 0 amide bonds. The molecule has 0 aliphatic carbocycles. The summed E-state index contributed by atoms with van der Waals surface area (Å²) in [6.45, 7) is 0.284. The summed E-state index contributed by atoms with van der Waals surface area (Å²) in [7, 11) is -1.80. The van der Waals surface area contributed by atoms with Gasteiger partial charge in [0, 0.05) is 0 Å². The molecule has 0 aliphatic heterocycles. The Hall–Kier alpha value is -1.14. The number of hydrogen-bond acceptors (Lipinski definition) is 3. The van der Waals surface area contributed by atoms with Crippen LogP contribution in [0.2, 0.25) is 0 Å². The van der Waals surface area contributed by atoms with Crippen molar-refractivity contribution >= 4 is 10.0 Å². The average molecular weight is 247 g/mol. The van der Waals surface area contributed by atoms with E-state index >= 15 is 0 Å². The van der Waals surface area contributed by atoms with Crippen molar-refractivity contribution in [1.29, 1.82) is 0 Å². The first-order valence-electron chi connectivity index (χ1n) is 4.83. The largest absolute Gasteiger partial charge is 0.494 e. The van der Waals surface area contributed by atoms with Gasteiger partial charge in [-0.15, -0.1) is 0 Å². The van der Waals surface area contributed by atoms with Crippen LogP contribution in [0.4, 0.5) is 4.39 Å². The molecule has 16 heavy (non-hydrogen) atoms. The molecule has 0 unspecified atom stereocenters. The molecule has 0 fully saturated rings. The summed E-state index contributed by atoms with van der Waals surface area (Å²) in [6, 6.07) is 5.59. The van der Waals surface area contributed by atoms with Crippen LogP contribution in [0, 0.1) is 5.82 Å². The summed E-state index contributed by atoms with van der Waals surface area (Å²) in [5, 5.41) is 0. The van der Waals surface area contributed by atoms with E-state index in [1.54, 1.807) is 0 Å². The van der Waals surface area contributed by atoms with Crippen LogP contribution in [0.25, 0.3) is 0 Å². The summed E-state index contributed by atoms with van der Waals surface area (Å²) in [4.78, 5) is 0. The Balaban J connectivity index is 2.29. The Bertz CT molecular complexity index is 416. The molecule has 0 radical (unpaired) electrons. The molecular weight excluding hydrogens is 233 g/mol. The third-order valence-electron chi connectivity index (χ3n) is 1.95. The summed E-state index contributed by atoms with van der Waals surface area (Å²) >= 11 is 0. The third-order valence-corrected chi connectivity index (χ3v) is 3.40. The van der Waals surface area contributed by atoms with Gasteiger partial charge in [-0.1, -0.05) is 0 Å². The Kier molecular flexibility index (Phi) is 4.70. The lowest BCUT2D eigenvalue weighted by atomic mass is 10.3. The predicted molar refractivity (Wildman–Crippen MR) is 59.4 cm³/mol. The van der Waals surface area contributed by atoms with Gasteiger partial charge in [0.1, 0.15) is 11.6 Å². The number of hydrogen-bond donors (Lipinski definition) is 1. The van der Waals surface area contributed by atoms with E-state index in [1.807, 2.05) is 0 Å². The fraction of sp³-hybridized carbons (Fsp3) is 0.400. The van der Waals surface area contributed by atoms with Crippen molar-refractivity contribution in [3.63, 3.8) is 0 Å². The zero-order valence-electron chi connectivity index (χ0n) is 8.94. The van der Waals surface area contributed by atoms with Gasteiger partial charge in [0.2, 0.25) is 10.0 Å². The van der Waals surface area contributed by atoms with Crippen molar-refractivity contribution in [2.24, 2.45) is 0 Å². The molecule has 0 spiro atoms. The lowest BCUT2D eigenvalue weighted by Crippen LogP contribution is -2.23. The Morgan fingerprint density at radius 3 is 2.50 bits per heavy atom. The second kappa shape index (κ2) is 5.81. The monoisotopic (exact) mass is 247 g/mol. The molecule has 90 valence electrons. The van der Waals surface area contributed by atoms with Gasteiger partial charge in [0.25, 0.3) is 0 Å². The maximum Gasteiger partial charge on any atom is 0.211 e. The fourth-order valence-corrected chi connectivity index (χ4v) is 1.77. The van der Waals surface area contributed by atoms with Crippen LogP contribution in [-0.2, 0) is 10.0 Å². The maximum absolute atomic E-state index is 12.5. The molecule has 1 aromatic rings. The molecule has 0 bridgehead atoms. The minimum atomic E-state index is -3.17. The smallest absolute Gasteiger partial charge is 0.211 e. The van der Waals surface area contributed by atoms with Crippen molar-refractivity contribution < 1.29 is 17.5 Å². The Morgan fingerprint density at radius 2 is 1.94 bits per heavy atom. The third kappa shape index (κ3) is 4.59. The molecule has 1 N–H and O–H groups in total. The van der Waals surface area contributed by atoms with Crippen LogP contribution in [0.5, 0.6) is 5.75 Å². The van der Waals surface area contributed by atoms with Crippen LogP contribution in [-0.4, -0.2) is 27.8 Å². The summed E-state index contributed by atoms with van der Waals surface area (Å²) < 4.78 is 42.1. The van der Waals surface area contributed by atoms with Gasteiger partial charge in [0.15, 0.2) is 0 Å².